The largest absolute Gasteiger partial charge is 0.374 e. The molecule has 2 rings (SSSR count). The number of nitrogens with zero attached hydrogens (tertiary/aromatic N) is 2. The fourth-order valence-corrected chi connectivity index (χ4v) is 3.72. The highest BCUT2D eigenvalue weighted by Crippen LogP contribution is 2.28. The fraction of sp³-hybridized carbons (Fsp3) is 0.900. The van der Waals surface area contributed by atoms with Gasteiger partial charge in [0, 0.05) is 32.6 Å². The predicted molar refractivity (Wildman–Crippen MR) is 101 cm³/mol. The molecule has 6 nitrogen and oxygen atoms in total. The molecule has 2 fully saturated rings. The molecule has 0 radical (unpaired) electrons. The fourth-order valence-electron chi connectivity index (χ4n) is 3.72. The summed E-state index contributed by atoms with van der Waals surface area (Å²) in [6.45, 7) is 13.9. The van der Waals surface area contributed by atoms with Crippen LogP contribution in [0, 0.1) is 5.92 Å². The summed E-state index contributed by atoms with van der Waals surface area (Å²) < 4.78 is 11.7. The van der Waals surface area contributed by atoms with E-state index in [0.29, 0.717) is 25.5 Å². The van der Waals surface area contributed by atoms with Gasteiger partial charge in [-0.2, -0.15) is 0 Å². The highest BCUT2D eigenvalue weighted by Gasteiger charge is 2.32. The lowest BCUT2D eigenvalue weighted by Crippen LogP contribution is -2.36. The predicted octanol–water partition coefficient (Wildman–Crippen LogP) is 2.46. The molecule has 150 valence electrons. The second kappa shape index (κ2) is 8.70. The Morgan fingerprint density at radius 1 is 1.15 bits per heavy atom. The Morgan fingerprint density at radius 3 is 2.50 bits per heavy atom. The zero-order chi connectivity index (χ0) is 19.4. The van der Waals surface area contributed by atoms with Crippen molar-refractivity contribution >= 4 is 11.8 Å². The third-order valence-corrected chi connectivity index (χ3v) is 5.07. The van der Waals surface area contributed by atoms with Gasteiger partial charge in [-0.05, 0) is 59.8 Å². The minimum absolute atomic E-state index is 0.0775. The Kier molecular flexibility index (Phi) is 7.08. The van der Waals surface area contributed by atoms with Crippen LogP contribution in [0.2, 0.25) is 0 Å². The average molecular weight is 369 g/mol. The van der Waals surface area contributed by atoms with E-state index in [1.807, 2.05) is 30.6 Å². The number of likely N-dealkylation sites (tertiary alicyclic amines) is 2. The molecule has 1 unspecified atom stereocenters. The van der Waals surface area contributed by atoms with E-state index in [-0.39, 0.29) is 29.6 Å². The molecule has 1 atom stereocenters. The van der Waals surface area contributed by atoms with Gasteiger partial charge in [-0.15, -0.1) is 0 Å². The molecular formula is C20H36N2O4. The quantitative estimate of drug-likeness (QED) is 0.660. The number of ether oxygens (including phenoxy) is 2. The molecule has 2 aliphatic heterocycles. The van der Waals surface area contributed by atoms with E-state index in [9.17, 15) is 9.59 Å². The first-order chi connectivity index (χ1) is 12.1. The average Bonchev–Trinajstić information content (AvgIpc) is 3.13. The van der Waals surface area contributed by atoms with E-state index in [4.69, 9.17) is 9.47 Å². The van der Waals surface area contributed by atoms with Crippen LogP contribution in [0.25, 0.3) is 0 Å². The van der Waals surface area contributed by atoms with Crippen molar-refractivity contribution in [3.8, 4) is 0 Å². The van der Waals surface area contributed by atoms with Crippen molar-refractivity contribution in [2.45, 2.75) is 71.5 Å². The SMILES string of the molecule is CC(C)(C)OCC(=O)N1CCC(CC(C)(C)OCCN2CCCC2=O)C1. The van der Waals surface area contributed by atoms with E-state index in [2.05, 4.69) is 13.8 Å². The number of amides is 2. The number of carbonyl (C=O) groups is 2. The Bertz CT molecular complexity index is 499. The molecular weight excluding hydrogens is 332 g/mol. The lowest BCUT2D eigenvalue weighted by atomic mass is 9.92. The molecule has 6 heteroatoms. The highest BCUT2D eigenvalue weighted by molar-refractivity contribution is 5.78. The summed E-state index contributed by atoms with van der Waals surface area (Å²) in [6.07, 6.45) is 3.57. The molecule has 0 spiro atoms. The summed E-state index contributed by atoms with van der Waals surface area (Å²) in [5.41, 5.74) is -0.532. The Hall–Kier alpha value is -1.14. The molecule has 0 aromatic heterocycles. The van der Waals surface area contributed by atoms with Crippen molar-refractivity contribution in [2.75, 3.05) is 39.4 Å². The summed E-state index contributed by atoms with van der Waals surface area (Å²) in [7, 11) is 0. The van der Waals surface area contributed by atoms with Crippen LogP contribution in [-0.4, -0.2) is 72.2 Å². The van der Waals surface area contributed by atoms with Gasteiger partial charge in [-0.1, -0.05) is 0 Å². The number of carbonyl (C=O) groups excluding carboxylic acids is 2. The van der Waals surface area contributed by atoms with Crippen molar-refractivity contribution in [3.05, 3.63) is 0 Å². The van der Waals surface area contributed by atoms with Crippen molar-refractivity contribution in [1.82, 2.24) is 9.80 Å². The molecule has 0 saturated carbocycles. The van der Waals surface area contributed by atoms with Crippen molar-refractivity contribution < 1.29 is 19.1 Å². The molecule has 0 aromatic rings. The summed E-state index contributed by atoms with van der Waals surface area (Å²) in [4.78, 5) is 27.7. The maximum absolute atomic E-state index is 12.3. The molecule has 0 aromatic carbocycles. The monoisotopic (exact) mass is 368 g/mol. The van der Waals surface area contributed by atoms with Gasteiger partial charge in [0.05, 0.1) is 17.8 Å². The van der Waals surface area contributed by atoms with Gasteiger partial charge in [0.25, 0.3) is 0 Å². The van der Waals surface area contributed by atoms with Crippen LogP contribution in [0.3, 0.4) is 0 Å². The third kappa shape index (κ3) is 6.88. The van der Waals surface area contributed by atoms with Crippen molar-refractivity contribution in [2.24, 2.45) is 5.92 Å². The second-order valence-electron chi connectivity index (χ2n) is 9.19. The van der Waals surface area contributed by atoms with Crippen LogP contribution in [0.1, 0.15) is 60.3 Å². The molecule has 0 N–H and O–H groups in total. The third-order valence-electron chi connectivity index (χ3n) is 5.07. The first-order valence-electron chi connectivity index (χ1n) is 9.89. The number of rotatable bonds is 8. The standard InChI is InChI=1S/C20H36N2O4/c1-19(2,3)26-15-18(24)22-10-8-16(14-22)13-20(4,5)25-12-11-21-9-6-7-17(21)23/h16H,6-15H2,1-5H3. The minimum atomic E-state index is -0.290. The van der Waals surface area contributed by atoms with E-state index < -0.39 is 0 Å². The Balaban J connectivity index is 1.69. The lowest BCUT2D eigenvalue weighted by Gasteiger charge is -2.29. The normalized spacial score (nSPS) is 21.7. The van der Waals surface area contributed by atoms with Crippen LogP contribution in [0.15, 0.2) is 0 Å². The molecule has 2 heterocycles. The molecule has 2 aliphatic rings. The Morgan fingerprint density at radius 2 is 1.88 bits per heavy atom. The van der Waals surface area contributed by atoms with E-state index in [1.54, 1.807) is 0 Å². The van der Waals surface area contributed by atoms with Gasteiger partial charge < -0.3 is 19.3 Å². The summed E-state index contributed by atoms with van der Waals surface area (Å²) in [6, 6.07) is 0. The maximum atomic E-state index is 12.3. The van der Waals surface area contributed by atoms with Crippen LogP contribution in [0.5, 0.6) is 0 Å². The van der Waals surface area contributed by atoms with E-state index in [0.717, 1.165) is 38.9 Å². The molecule has 0 bridgehead atoms. The second-order valence-corrected chi connectivity index (χ2v) is 9.19. The van der Waals surface area contributed by atoms with Gasteiger partial charge in [0.15, 0.2) is 0 Å². The van der Waals surface area contributed by atoms with Gasteiger partial charge in [0.2, 0.25) is 11.8 Å². The van der Waals surface area contributed by atoms with Gasteiger partial charge >= 0.3 is 0 Å². The van der Waals surface area contributed by atoms with Crippen LogP contribution in [0.4, 0.5) is 0 Å². The van der Waals surface area contributed by atoms with Gasteiger partial charge in [0.1, 0.15) is 6.61 Å². The van der Waals surface area contributed by atoms with Gasteiger partial charge in [-0.25, -0.2) is 0 Å². The van der Waals surface area contributed by atoms with E-state index >= 15 is 0 Å². The minimum Gasteiger partial charge on any atom is -0.374 e. The van der Waals surface area contributed by atoms with E-state index in [1.165, 1.54) is 0 Å². The number of hydrogen-bond acceptors (Lipinski definition) is 4. The van der Waals surface area contributed by atoms with Crippen LogP contribution in [-0.2, 0) is 19.1 Å². The van der Waals surface area contributed by atoms with Crippen LogP contribution >= 0.6 is 0 Å². The lowest BCUT2D eigenvalue weighted by molar-refractivity contribution is -0.140. The summed E-state index contributed by atoms with van der Waals surface area (Å²) in [5, 5.41) is 0. The topological polar surface area (TPSA) is 59.1 Å². The smallest absolute Gasteiger partial charge is 0.248 e. The molecule has 2 amide bonds. The molecule has 26 heavy (non-hydrogen) atoms. The zero-order valence-electron chi connectivity index (χ0n) is 17.2. The first kappa shape index (κ1) is 21.2. The van der Waals surface area contributed by atoms with Crippen molar-refractivity contribution in [1.29, 1.82) is 0 Å². The molecule has 0 aliphatic carbocycles. The summed E-state index contributed by atoms with van der Waals surface area (Å²) >= 11 is 0. The zero-order valence-corrected chi connectivity index (χ0v) is 17.2. The highest BCUT2D eigenvalue weighted by atomic mass is 16.5. The Labute approximate surface area is 158 Å². The maximum Gasteiger partial charge on any atom is 0.248 e. The number of hydrogen-bond donors (Lipinski definition) is 0. The van der Waals surface area contributed by atoms with Gasteiger partial charge in [-0.3, -0.25) is 9.59 Å². The summed E-state index contributed by atoms with van der Waals surface area (Å²) in [5.74, 6) is 0.777. The van der Waals surface area contributed by atoms with Crippen LogP contribution < -0.4 is 0 Å². The van der Waals surface area contributed by atoms with Crippen molar-refractivity contribution in [3.63, 3.8) is 0 Å². The molecule has 2 saturated heterocycles. The first-order valence-corrected chi connectivity index (χ1v) is 9.89.